The molecule has 0 saturated carbocycles. The fraction of sp³-hybridized carbons (Fsp3) is 0. The maximum Gasteiger partial charge on any atom is 0.417 e. The van der Waals surface area contributed by atoms with Crippen LogP contribution in [0.25, 0.3) is 11.2 Å². The minimum absolute atomic E-state index is 0.0524. The molecular weight excluding hydrogens is 258 g/mol. The number of rotatable bonds is 1. The predicted octanol–water partition coefficient (Wildman–Crippen LogP) is 0.885. The molecule has 2 aromatic rings. The van der Waals surface area contributed by atoms with Crippen molar-refractivity contribution in [3.05, 3.63) is 18.5 Å². The van der Waals surface area contributed by atoms with E-state index in [-0.39, 0.29) is 11.2 Å². The molecule has 0 atom stereocenters. The van der Waals surface area contributed by atoms with Crippen molar-refractivity contribution in [2.45, 2.75) is 5.03 Å². The van der Waals surface area contributed by atoms with E-state index in [9.17, 15) is 13.2 Å². The molecule has 84 valence electrons. The van der Waals surface area contributed by atoms with Gasteiger partial charge in [0.25, 0.3) is 9.05 Å². The Kier molecular flexibility index (Phi) is 2.32. The van der Waals surface area contributed by atoms with Crippen molar-refractivity contribution in [3.8, 4) is 0 Å². The molecule has 0 radical (unpaired) electrons. The summed E-state index contributed by atoms with van der Waals surface area (Å²) in [5.41, 5.74) is 0.195. The number of aromatic nitrogens is 3. The van der Waals surface area contributed by atoms with Crippen LogP contribution in [0.2, 0.25) is 0 Å². The Morgan fingerprint density at radius 3 is 2.75 bits per heavy atom. The highest BCUT2D eigenvalue weighted by Gasteiger charge is 2.16. The number of nitrogens with zero attached hydrogens (tertiary/aromatic N) is 3. The van der Waals surface area contributed by atoms with E-state index < -0.39 is 20.2 Å². The number of hydrogen-bond acceptors (Lipinski definition) is 5. The van der Waals surface area contributed by atoms with Gasteiger partial charge in [-0.05, 0) is 6.07 Å². The molecule has 9 heteroatoms. The van der Waals surface area contributed by atoms with Crippen LogP contribution in [-0.4, -0.2) is 34.2 Å². The standard InChI is InChI=1S/C7H4ClN3O4S/c8-16(14,15)5-3-9-6-4(10-5)1-2-11(6)7(12)13/h1-3H,(H,12,13). The summed E-state index contributed by atoms with van der Waals surface area (Å²) in [6.07, 6.45) is 0.896. The Morgan fingerprint density at radius 2 is 2.19 bits per heavy atom. The molecular formula is C7H4ClN3O4S. The van der Waals surface area contributed by atoms with Gasteiger partial charge in [0.15, 0.2) is 10.7 Å². The zero-order chi connectivity index (χ0) is 11.9. The lowest BCUT2D eigenvalue weighted by molar-refractivity contribution is 0.197. The fourth-order valence-electron chi connectivity index (χ4n) is 1.17. The van der Waals surface area contributed by atoms with Gasteiger partial charge in [0.1, 0.15) is 5.52 Å². The van der Waals surface area contributed by atoms with Crippen LogP contribution in [0.3, 0.4) is 0 Å². The molecule has 0 bridgehead atoms. The zero-order valence-corrected chi connectivity index (χ0v) is 9.10. The van der Waals surface area contributed by atoms with Gasteiger partial charge in [-0.15, -0.1) is 0 Å². The summed E-state index contributed by atoms with van der Waals surface area (Å²) in [7, 11) is 1.11. The lowest BCUT2D eigenvalue weighted by Crippen LogP contribution is -2.07. The summed E-state index contributed by atoms with van der Waals surface area (Å²) < 4.78 is 22.7. The Labute approximate surface area is 93.7 Å². The Morgan fingerprint density at radius 1 is 1.50 bits per heavy atom. The van der Waals surface area contributed by atoms with Crippen LogP contribution in [0, 0.1) is 0 Å². The van der Waals surface area contributed by atoms with Crippen molar-refractivity contribution < 1.29 is 18.3 Å². The van der Waals surface area contributed by atoms with Crippen molar-refractivity contribution in [3.63, 3.8) is 0 Å². The van der Waals surface area contributed by atoms with E-state index in [2.05, 4.69) is 9.97 Å². The average molecular weight is 262 g/mol. The molecule has 0 unspecified atom stereocenters. The molecule has 0 aromatic carbocycles. The lowest BCUT2D eigenvalue weighted by atomic mass is 10.5. The molecule has 2 aromatic heterocycles. The van der Waals surface area contributed by atoms with Gasteiger partial charge in [0.2, 0.25) is 0 Å². The number of hydrogen-bond donors (Lipinski definition) is 1. The third-order valence-corrected chi connectivity index (χ3v) is 2.99. The van der Waals surface area contributed by atoms with Crippen LogP contribution in [0.1, 0.15) is 0 Å². The summed E-state index contributed by atoms with van der Waals surface area (Å²) >= 11 is 0. The van der Waals surface area contributed by atoms with E-state index in [0.717, 1.165) is 10.8 Å². The summed E-state index contributed by atoms with van der Waals surface area (Å²) in [6, 6.07) is 1.34. The second kappa shape index (κ2) is 3.42. The van der Waals surface area contributed by atoms with E-state index >= 15 is 0 Å². The Balaban J connectivity index is 2.71. The molecule has 2 rings (SSSR count). The van der Waals surface area contributed by atoms with Crippen LogP contribution in [0.5, 0.6) is 0 Å². The van der Waals surface area contributed by atoms with E-state index in [1.54, 1.807) is 0 Å². The Bertz CT molecular complexity index is 678. The molecule has 0 saturated heterocycles. The number of carbonyl (C=O) groups is 1. The number of fused-ring (bicyclic) bond motifs is 1. The third kappa shape index (κ3) is 1.72. The maximum absolute atomic E-state index is 11.0. The molecule has 1 N–H and O–H groups in total. The van der Waals surface area contributed by atoms with Crippen molar-refractivity contribution in [1.29, 1.82) is 0 Å². The van der Waals surface area contributed by atoms with Crippen LogP contribution in [-0.2, 0) is 9.05 Å². The first-order chi connectivity index (χ1) is 7.39. The normalized spacial score (nSPS) is 11.8. The minimum atomic E-state index is -3.96. The summed E-state index contributed by atoms with van der Waals surface area (Å²) in [5.74, 6) is 0. The van der Waals surface area contributed by atoms with Crippen LogP contribution in [0.15, 0.2) is 23.5 Å². The zero-order valence-electron chi connectivity index (χ0n) is 7.53. The molecule has 0 aliphatic rings. The first-order valence-corrected chi connectivity index (χ1v) is 6.22. The largest absolute Gasteiger partial charge is 0.464 e. The molecule has 0 fully saturated rings. The third-order valence-electron chi connectivity index (χ3n) is 1.82. The van der Waals surface area contributed by atoms with Gasteiger partial charge in [0.05, 0.1) is 6.20 Å². The minimum Gasteiger partial charge on any atom is -0.464 e. The first-order valence-electron chi connectivity index (χ1n) is 3.91. The molecule has 0 spiro atoms. The van der Waals surface area contributed by atoms with Gasteiger partial charge < -0.3 is 5.11 Å². The van der Waals surface area contributed by atoms with Crippen LogP contribution in [0.4, 0.5) is 4.79 Å². The molecule has 7 nitrogen and oxygen atoms in total. The monoisotopic (exact) mass is 261 g/mol. The van der Waals surface area contributed by atoms with E-state index in [1.807, 2.05) is 0 Å². The molecule has 2 heterocycles. The average Bonchev–Trinajstić information content (AvgIpc) is 2.58. The van der Waals surface area contributed by atoms with Gasteiger partial charge in [-0.25, -0.2) is 27.7 Å². The highest BCUT2D eigenvalue weighted by molar-refractivity contribution is 8.13. The second-order valence-electron chi connectivity index (χ2n) is 2.82. The highest BCUT2D eigenvalue weighted by Crippen LogP contribution is 2.16. The van der Waals surface area contributed by atoms with Crippen molar-refractivity contribution in [2.24, 2.45) is 0 Å². The quantitative estimate of drug-likeness (QED) is 0.765. The van der Waals surface area contributed by atoms with Crippen LogP contribution >= 0.6 is 10.7 Å². The van der Waals surface area contributed by atoms with Gasteiger partial charge in [0, 0.05) is 16.9 Å². The Hall–Kier alpha value is -1.67. The molecule has 0 amide bonds. The predicted molar refractivity (Wildman–Crippen MR) is 54.0 cm³/mol. The molecule has 16 heavy (non-hydrogen) atoms. The van der Waals surface area contributed by atoms with E-state index in [1.165, 1.54) is 12.3 Å². The maximum atomic E-state index is 11.0. The van der Waals surface area contributed by atoms with Crippen molar-refractivity contribution in [2.75, 3.05) is 0 Å². The lowest BCUT2D eigenvalue weighted by Gasteiger charge is -1.97. The second-order valence-corrected chi connectivity index (χ2v) is 5.34. The van der Waals surface area contributed by atoms with Gasteiger partial charge >= 0.3 is 6.09 Å². The molecule has 0 aliphatic heterocycles. The first kappa shape index (κ1) is 10.8. The number of halogens is 1. The number of carboxylic acid groups (broad SMARTS) is 1. The van der Waals surface area contributed by atoms with Gasteiger partial charge in [-0.2, -0.15) is 0 Å². The SMILES string of the molecule is O=C(O)n1ccc2nc(S(=O)(=O)Cl)cnc21. The molecule has 0 aliphatic carbocycles. The summed E-state index contributed by atoms with van der Waals surface area (Å²) in [5, 5.41) is 8.34. The highest BCUT2D eigenvalue weighted by atomic mass is 35.7. The topological polar surface area (TPSA) is 102 Å². The van der Waals surface area contributed by atoms with E-state index in [4.69, 9.17) is 15.8 Å². The van der Waals surface area contributed by atoms with Crippen molar-refractivity contribution in [1.82, 2.24) is 14.5 Å². The van der Waals surface area contributed by atoms with Gasteiger partial charge in [-0.3, -0.25) is 0 Å². The van der Waals surface area contributed by atoms with Gasteiger partial charge in [-0.1, -0.05) is 0 Å². The summed E-state index contributed by atoms with van der Waals surface area (Å²) in [4.78, 5) is 18.1. The summed E-state index contributed by atoms with van der Waals surface area (Å²) in [6.45, 7) is 0. The fourth-order valence-corrected chi connectivity index (χ4v) is 1.77. The van der Waals surface area contributed by atoms with E-state index in [0.29, 0.717) is 0 Å². The van der Waals surface area contributed by atoms with Crippen molar-refractivity contribution >= 4 is 37.0 Å². The van der Waals surface area contributed by atoms with Crippen LogP contribution < -0.4 is 0 Å². The smallest absolute Gasteiger partial charge is 0.417 e.